The third kappa shape index (κ3) is 3.35. The van der Waals surface area contributed by atoms with Crippen molar-refractivity contribution in [2.24, 2.45) is 7.05 Å². The van der Waals surface area contributed by atoms with Crippen LogP contribution in [0.2, 0.25) is 0 Å². The fraction of sp³-hybridized carbons (Fsp3) is 0.450. The first kappa shape index (κ1) is 18.5. The van der Waals surface area contributed by atoms with Crippen LogP contribution >= 0.6 is 0 Å². The quantitative estimate of drug-likeness (QED) is 0.706. The van der Waals surface area contributed by atoms with Crippen LogP contribution in [0, 0.1) is 0 Å². The average Bonchev–Trinajstić information content (AvgIpc) is 3.11. The highest BCUT2D eigenvalue weighted by atomic mass is 16.2. The standard InChI is InChI=1S/C20H26N6O2/c1-3-24-11-13-25(14-12-24)19-21-17-16(18(27)22-20(28)23(17)2)26(19)10-9-15-7-5-4-6-8-15/h4-8H,3,9-14H2,1-2H3,(H,22,27,28). The molecule has 148 valence electrons. The smallest absolute Gasteiger partial charge is 0.329 e. The number of nitrogens with zero attached hydrogens (tertiary/aromatic N) is 5. The molecular weight excluding hydrogens is 356 g/mol. The molecule has 0 saturated carbocycles. The number of aryl methyl sites for hydroxylation is 3. The molecule has 1 aromatic carbocycles. The highest BCUT2D eigenvalue weighted by molar-refractivity contribution is 5.74. The summed E-state index contributed by atoms with van der Waals surface area (Å²) >= 11 is 0. The SMILES string of the molecule is CCN1CCN(c2nc3c(c(=O)[nH]c(=O)n3C)n2CCc2ccccc2)CC1. The van der Waals surface area contributed by atoms with E-state index in [0.29, 0.717) is 17.7 Å². The number of hydrogen-bond donors (Lipinski definition) is 1. The Balaban J connectivity index is 1.76. The van der Waals surface area contributed by atoms with Crippen LogP contribution < -0.4 is 16.1 Å². The van der Waals surface area contributed by atoms with Crippen molar-refractivity contribution in [3.05, 3.63) is 56.7 Å². The van der Waals surface area contributed by atoms with Gasteiger partial charge in [0.1, 0.15) is 0 Å². The van der Waals surface area contributed by atoms with Gasteiger partial charge in [0.05, 0.1) is 0 Å². The molecule has 0 unspecified atom stereocenters. The third-order valence-electron chi connectivity index (χ3n) is 5.56. The molecule has 0 spiro atoms. The second-order valence-corrected chi connectivity index (χ2v) is 7.21. The topological polar surface area (TPSA) is 79.2 Å². The van der Waals surface area contributed by atoms with Crippen LogP contribution in [0.5, 0.6) is 0 Å². The van der Waals surface area contributed by atoms with E-state index in [-0.39, 0.29) is 5.56 Å². The van der Waals surface area contributed by atoms with Gasteiger partial charge in [0.2, 0.25) is 5.95 Å². The summed E-state index contributed by atoms with van der Waals surface area (Å²) in [5.74, 6) is 0.772. The van der Waals surface area contributed by atoms with Crippen molar-refractivity contribution < 1.29 is 0 Å². The van der Waals surface area contributed by atoms with Gasteiger partial charge in [-0.3, -0.25) is 14.3 Å². The summed E-state index contributed by atoms with van der Waals surface area (Å²) in [4.78, 5) is 36.4. The predicted molar refractivity (Wildman–Crippen MR) is 110 cm³/mol. The fourth-order valence-corrected chi connectivity index (χ4v) is 3.83. The largest absolute Gasteiger partial charge is 0.340 e. The Morgan fingerprint density at radius 1 is 1.07 bits per heavy atom. The van der Waals surface area contributed by atoms with Crippen molar-refractivity contribution in [3.8, 4) is 0 Å². The van der Waals surface area contributed by atoms with Crippen LogP contribution in [0.15, 0.2) is 39.9 Å². The average molecular weight is 382 g/mol. The number of H-pyrrole nitrogens is 1. The van der Waals surface area contributed by atoms with Crippen LogP contribution in [0.3, 0.4) is 0 Å². The lowest BCUT2D eigenvalue weighted by molar-refractivity contribution is 0.269. The molecule has 0 amide bonds. The van der Waals surface area contributed by atoms with Crippen molar-refractivity contribution in [2.75, 3.05) is 37.6 Å². The number of fused-ring (bicyclic) bond motifs is 1. The molecule has 1 aliphatic rings. The molecule has 8 heteroatoms. The summed E-state index contributed by atoms with van der Waals surface area (Å²) < 4.78 is 3.39. The van der Waals surface area contributed by atoms with Gasteiger partial charge in [-0.15, -0.1) is 0 Å². The summed E-state index contributed by atoms with van der Waals surface area (Å²) in [6.45, 7) is 7.47. The van der Waals surface area contributed by atoms with Gasteiger partial charge in [-0.1, -0.05) is 37.3 Å². The normalized spacial score (nSPS) is 15.4. The highest BCUT2D eigenvalue weighted by Crippen LogP contribution is 2.21. The minimum atomic E-state index is -0.437. The molecule has 1 aliphatic heterocycles. The Morgan fingerprint density at radius 2 is 1.79 bits per heavy atom. The molecule has 28 heavy (non-hydrogen) atoms. The molecule has 2 aromatic heterocycles. The first-order valence-corrected chi connectivity index (χ1v) is 9.79. The molecule has 1 N–H and O–H groups in total. The van der Waals surface area contributed by atoms with Crippen LogP contribution in [-0.2, 0) is 20.0 Å². The van der Waals surface area contributed by atoms with E-state index in [1.807, 2.05) is 22.8 Å². The second kappa shape index (κ2) is 7.63. The number of aromatic amines is 1. The van der Waals surface area contributed by atoms with Gasteiger partial charge in [0, 0.05) is 39.8 Å². The fourth-order valence-electron chi connectivity index (χ4n) is 3.83. The minimum Gasteiger partial charge on any atom is -0.340 e. The molecule has 0 bridgehead atoms. The Bertz CT molecular complexity index is 1070. The number of nitrogens with one attached hydrogen (secondary N) is 1. The number of piperazine rings is 1. The van der Waals surface area contributed by atoms with E-state index in [1.165, 1.54) is 10.1 Å². The lowest BCUT2D eigenvalue weighted by Gasteiger charge is -2.34. The van der Waals surface area contributed by atoms with Gasteiger partial charge in [0.15, 0.2) is 11.2 Å². The van der Waals surface area contributed by atoms with Crippen molar-refractivity contribution in [3.63, 3.8) is 0 Å². The van der Waals surface area contributed by atoms with Crippen molar-refractivity contribution in [2.45, 2.75) is 19.9 Å². The minimum absolute atomic E-state index is 0.378. The van der Waals surface area contributed by atoms with Crippen molar-refractivity contribution in [1.82, 2.24) is 24.0 Å². The third-order valence-corrected chi connectivity index (χ3v) is 5.56. The molecule has 3 heterocycles. The summed E-state index contributed by atoms with van der Waals surface area (Å²) in [5, 5.41) is 0. The first-order chi connectivity index (χ1) is 13.6. The summed E-state index contributed by atoms with van der Waals surface area (Å²) in [6.07, 6.45) is 0.788. The van der Waals surface area contributed by atoms with Crippen LogP contribution in [0.1, 0.15) is 12.5 Å². The van der Waals surface area contributed by atoms with E-state index in [9.17, 15) is 9.59 Å². The van der Waals surface area contributed by atoms with Crippen molar-refractivity contribution >= 4 is 17.1 Å². The van der Waals surface area contributed by atoms with Gasteiger partial charge in [-0.05, 0) is 18.5 Å². The maximum Gasteiger partial charge on any atom is 0.329 e. The van der Waals surface area contributed by atoms with E-state index in [2.05, 4.69) is 33.8 Å². The molecule has 1 saturated heterocycles. The molecule has 0 radical (unpaired) electrons. The Kier molecular flexibility index (Phi) is 5.04. The van der Waals surface area contributed by atoms with Gasteiger partial charge < -0.3 is 14.4 Å². The summed E-state index contributed by atoms with van der Waals surface area (Å²) in [6, 6.07) is 10.2. The van der Waals surface area contributed by atoms with E-state index >= 15 is 0 Å². The Hall–Kier alpha value is -2.87. The predicted octanol–water partition coefficient (Wildman–Crippen LogP) is 0.808. The number of aromatic nitrogens is 4. The van der Waals surface area contributed by atoms with E-state index in [0.717, 1.165) is 45.1 Å². The monoisotopic (exact) mass is 382 g/mol. The van der Waals surface area contributed by atoms with E-state index in [1.54, 1.807) is 7.05 Å². The number of anilines is 1. The molecular formula is C20H26N6O2. The van der Waals surface area contributed by atoms with Gasteiger partial charge in [-0.25, -0.2) is 4.79 Å². The highest BCUT2D eigenvalue weighted by Gasteiger charge is 2.24. The summed E-state index contributed by atoms with van der Waals surface area (Å²) in [5.41, 5.74) is 1.29. The Labute approximate surface area is 163 Å². The molecule has 3 aromatic rings. The zero-order valence-corrected chi connectivity index (χ0v) is 16.4. The Morgan fingerprint density at radius 3 is 2.46 bits per heavy atom. The maximum absolute atomic E-state index is 12.6. The number of benzene rings is 1. The van der Waals surface area contributed by atoms with Gasteiger partial charge in [0.25, 0.3) is 5.56 Å². The number of imidazole rings is 1. The van der Waals surface area contributed by atoms with Gasteiger partial charge in [-0.2, -0.15) is 4.98 Å². The molecule has 1 fully saturated rings. The van der Waals surface area contributed by atoms with Crippen LogP contribution in [0.25, 0.3) is 11.2 Å². The first-order valence-electron chi connectivity index (χ1n) is 9.79. The molecule has 8 nitrogen and oxygen atoms in total. The lowest BCUT2D eigenvalue weighted by atomic mass is 10.1. The molecule has 4 rings (SSSR count). The van der Waals surface area contributed by atoms with Gasteiger partial charge >= 0.3 is 5.69 Å². The molecule has 0 aliphatic carbocycles. The zero-order valence-electron chi connectivity index (χ0n) is 16.4. The van der Waals surface area contributed by atoms with Crippen molar-refractivity contribution in [1.29, 1.82) is 0 Å². The zero-order chi connectivity index (χ0) is 19.7. The number of hydrogen-bond acceptors (Lipinski definition) is 5. The molecule has 0 atom stereocenters. The number of rotatable bonds is 5. The summed E-state index contributed by atoms with van der Waals surface area (Å²) in [7, 11) is 1.65. The van der Waals surface area contributed by atoms with E-state index in [4.69, 9.17) is 4.98 Å². The second-order valence-electron chi connectivity index (χ2n) is 7.21. The maximum atomic E-state index is 12.6. The van der Waals surface area contributed by atoms with Crippen LogP contribution in [-0.4, -0.2) is 56.7 Å². The van der Waals surface area contributed by atoms with Crippen LogP contribution in [0.4, 0.5) is 5.95 Å². The van der Waals surface area contributed by atoms with E-state index < -0.39 is 5.69 Å². The number of likely N-dealkylation sites (N-methyl/N-ethyl adjacent to an activating group) is 1. The lowest BCUT2D eigenvalue weighted by Crippen LogP contribution is -2.47.